The number of rotatable bonds is 12. The van der Waals surface area contributed by atoms with Gasteiger partial charge in [-0.3, -0.25) is 0 Å². The van der Waals surface area contributed by atoms with Gasteiger partial charge in [0.05, 0.1) is 99.5 Å². The average molecular weight is 993 g/mol. The molecule has 0 fully saturated rings. The van der Waals surface area contributed by atoms with Crippen LogP contribution in [0, 0.1) is 45.3 Å². The van der Waals surface area contributed by atoms with E-state index in [4.69, 9.17) is 0 Å². The van der Waals surface area contributed by atoms with Crippen molar-refractivity contribution < 1.29 is 0 Å². The van der Waals surface area contributed by atoms with E-state index in [0.29, 0.717) is 45.0 Å². The van der Waals surface area contributed by atoms with Crippen LogP contribution in [-0.4, -0.2) is 60.0 Å². The van der Waals surface area contributed by atoms with Crippen LogP contribution >= 0.6 is 0 Å². The maximum Gasteiger partial charge on any atom is 0.113 e. The van der Waals surface area contributed by atoms with E-state index in [1.165, 1.54) is 0 Å². The molecule has 0 spiro atoms. The van der Waals surface area contributed by atoms with E-state index < -0.39 is 5.41 Å². The van der Waals surface area contributed by atoms with E-state index in [9.17, 15) is 21.0 Å². The first-order valence-corrected chi connectivity index (χ1v) is 24.0. The SMILES string of the molecule is N#Cc1ccc(-c2cn(-c3ccc(C(c4ccc(-n5cc(-c6ccc(C#N)cc6)nn5)cc4)(c4ccc(-n5cc(-c6ccc(C#N)cc6)nn5)cc4)c4ccc(-n5cc(-c6ccc(C#N)cc6)nn5)cc4)cc3)nn2)cc1. The highest BCUT2D eigenvalue weighted by molar-refractivity contribution is 5.66. The fourth-order valence-corrected chi connectivity index (χ4v) is 9.41. The molecule has 0 aliphatic rings. The number of aromatic nitrogens is 12. The van der Waals surface area contributed by atoms with E-state index in [-0.39, 0.29) is 0 Å². The van der Waals surface area contributed by atoms with Gasteiger partial charge in [-0.1, -0.05) is 118 Å². The van der Waals surface area contributed by atoms with Crippen LogP contribution in [0.5, 0.6) is 0 Å². The lowest BCUT2D eigenvalue weighted by Gasteiger charge is -2.37. The summed E-state index contributed by atoms with van der Waals surface area (Å²) in [6, 6.07) is 70.7. The van der Waals surface area contributed by atoms with Crippen LogP contribution in [0.4, 0.5) is 0 Å². The molecule has 77 heavy (non-hydrogen) atoms. The Hall–Kier alpha value is -11.7. The highest BCUT2D eigenvalue weighted by Crippen LogP contribution is 2.46. The lowest BCUT2D eigenvalue weighted by Crippen LogP contribution is -2.31. The molecule has 4 aromatic heterocycles. The maximum atomic E-state index is 9.36. The zero-order chi connectivity index (χ0) is 52.3. The van der Waals surface area contributed by atoms with Crippen molar-refractivity contribution in [3.05, 3.63) is 263 Å². The van der Waals surface area contributed by atoms with Gasteiger partial charge in [0.2, 0.25) is 0 Å². The summed E-state index contributed by atoms with van der Waals surface area (Å²) in [6.45, 7) is 0. The minimum Gasteiger partial charge on any atom is -0.220 e. The third-order valence-corrected chi connectivity index (χ3v) is 13.5. The molecule has 4 heterocycles. The normalized spacial score (nSPS) is 11.1. The Morgan fingerprint density at radius 3 is 0.636 bits per heavy atom. The van der Waals surface area contributed by atoms with E-state index >= 15 is 0 Å². The van der Waals surface area contributed by atoms with Gasteiger partial charge in [0.25, 0.3) is 0 Å². The summed E-state index contributed by atoms with van der Waals surface area (Å²) >= 11 is 0. The lowest BCUT2D eigenvalue weighted by atomic mass is 9.65. The Labute approximate surface area is 440 Å². The molecule has 0 radical (unpaired) electrons. The Kier molecular flexibility index (Phi) is 11.9. The Balaban J connectivity index is 0.980. The minimum absolute atomic E-state index is 0.561. The van der Waals surface area contributed by atoms with Crippen molar-refractivity contribution in [1.82, 2.24) is 60.0 Å². The minimum atomic E-state index is -0.966. The summed E-state index contributed by atoms with van der Waals surface area (Å²) in [6.07, 6.45) is 7.46. The molecule has 0 aliphatic heterocycles. The van der Waals surface area contributed by atoms with E-state index in [1.54, 1.807) is 67.3 Å². The third kappa shape index (κ3) is 8.80. The number of hydrogen-bond acceptors (Lipinski definition) is 12. The van der Waals surface area contributed by atoms with Crippen LogP contribution in [0.1, 0.15) is 44.5 Å². The molecule has 360 valence electrons. The molecule has 0 aliphatic carbocycles. The summed E-state index contributed by atoms with van der Waals surface area (Å²) < 4.78 is 6.93. The first kappa shape index (κ1) is 46.4. The lowest BCUT2D eigenvalue weighted by molar-refractivity contribution is 0.735. The van der Waals surface area contributed by atoms with Gasteiger partial charge in [-0.2, -0.15) is 21.0 Å². The van der Waals surface area contributed by atoms with Crippen LogP contribution in [0.3, 0.4) is 0 Å². The summed E-state index contributed by atoms with van der Waals surface area (Å²) in [4.78, 5) is 0. The smallest absolute Gasteiger partial charge is 0.113 e. The first-order chi connectivity index (χ1) is 37.9. The molecule has 0 N–H and O–H groups in total. The van der Waals surface area contributed by atoms with Gasteiger partial charge in [0.1, 0.15) is 22.8 Å². The van der Waals surface area contributed by atoms with Crippen molar-refractivity contribution in [2.45, 2.75) is 5.41 Å². The molecule has 8 aromatic carbocycles. The van der Waals surface area contributed by atoms with Crippen LogP contribution in [0.25, 0.3) is 67.8 Å². The molecule has 16 heteroatoms. The summed E-state index contributed by atoms with van der Waals surface area (Å²) in [7, 11) is 0. The van der Waals surface area contributed by atoms with Gasteiger partial charge >= 0.3 is 0 Å². The van der Waals surface area contributed by atoms with Gasteiger partial charge in [-0.15, -0.1) is 20.4 Å². The zero-order valence-electron chi connectivity index (χ0n) is 40.4. The van der Waals surface area contributed by atoms with Crippen molar-refractivity contribution >= 4 is 0 Å². The molecular formula is C61H36N16. The molecule has 0 bridgehead atoms. The van der Waals surface area contributed by atoms with Crippen LogP contribution in [-0.2, 0) is 5.41 Å². The quantitative estimate of drug-likeness (QED) is 0.104. The second-order valence-electron chi connectivity index (χ2n) is 17.9. The number of benzene rings is 8. The van der Waals surface area contributed by atoms with Gasteiger partial charge in [0.15, 0.2) is 0 Å². The van der Waals surface area contributed by atoms with Gasteiger partial charge < -0.3 is 0 Å². The van der Waals surface area contributed by atoms with Crippen molar-refractivity contribution in [3.8, 4) is 92.1 Å². The predicted molar refractivity (Wildman–Crippen MR) is 285 cm³/mol. The van der Waals surface area contributed by atoms with Gasteiger partial charge in [-0.05, 0) is 119 Å². The molecule has 0 atom stereocenters. The van der Waals surface area contributed by atoms with Crippen molar-refractivity contribution in [2.24, 2.45) is 0 Å². The Morgan fingerprint density at radius 2 is 0.455 bits per heavy atom. The summed E-state index contributed by atoms with van der Waals surface area (Å²) in [5, 5.41) is 73.3. The molecular weight excluding hydrogens is 957 g/mol. The fourth-order valence-electron chi connectivity index (χ4n) is 9.41. The molecule has 0 saturated carbocycles. The van der Waals surface area contributed by atoms with E-state index in [0.717, 1.165) is 67.3 Å². The highest BCUT2D eigenvalue weighted by atomic mass is 15.4. The second kappa shape index (κ2) is 19.7. The van der Waals surface area contributed by atoms with Crippen molar-refractivity contribution in [3.63, 3.8) is 0 Å². The van der Waals surface area contributed by atoms with Crippen LogP contribution < -0.4 is 0 Å². The third-order valence-electron chi connectivity index (χ3n) is 13.5. The number of hydrogen-bond donors (Lipinski definition) is 0. The Morgan fingerprint density at radius 1 is 0.260 bits per heavy atom. The number of nitrogens with zero attached hydrogens (tertiary/aromatic N) is 16. The van der Waals surface area contributed by atoms with E-state index in [1.807, 2.05) is 122 Å². The average Bonchev–Trinajstić information content (AvgIpc) is 4.46. The van der Waals surface area contributed by atoms with Crippen molar-refractivity contribution in [2.75, 3.05) is 0 Å². The van der Waals surface area contributed by atoms with Gasteiger partial charge in [0, 0.05) is 22.3 Å². The fraction of sp³-hybridized carbons (Fsp3) is 0.0164. The zero-order valence-corrected chi connectivity index (χ0v) is 40.4. The van der Waals surface area contributed by atoms with Gasteiger partial charge in [-0.25, -0.2) is 18.7 Å². The molecule has 0 amide bonds. The molecule has 16 nitrogen and oxygen atoms in total. The Bertz CT molecular complexity index is 3690. The summed E-state index contributed by atoms with van der Waals surface area (Å²) in [5.74, 6) is 0. The molecule has 12 rings (SSSR count). The predicted octanol–water partition coefficient (Wildman–Crippen LogP) is 10.5. The highest BCUT2D eigenvalue weighted by Gasteiger charge is 2.39. The second-order valence-corrected chi connectivity index (χ2v) is 17.9. The molecule has 0 saturated heterocycles. The summed E-state index contributed by atoms with van der Waals surface area (Å²) in [5.41, 5.74) is 14.2. The van der Waals surface area contributed by atoms with Crippen molar-refractivity contribution in [1.29, 1.82) is 21.0 Å². The maximum absolute atomic E-state index is 9.36. The molecule has 12 aromatic rings. The molecule has 0 unspecified atom stereocenters. The first-order valence-electron chi connectivity index (χ1n) is 24.0. The number of nitriles is 4. The topological polar surface area (TPSA) is 218 Å². The largest absolute Gasteiger partial charge is 0.220 e. The van der Waals surface area contributed by atoms with E-state index in [2.05, 4.69) is 114 Å². The standard InChI is InChI=1S/C61H36N16/c62-33-41-1-9-45(10-2-41)57-37-74(70-66-57)53-25-17-49(18-26-53)61(50-19-27-54(28-20-50)75-38-58(67-71-75)46-11-3-42(34-63)4-12-46,51-21-29-55(30-22-51)76-39-59(68-72-76)47-13-5-43(35-64)6-14-47)52-23-31-56(32-24-52)77-40-60(69-73-77)48-15-7-44(36-65)8-16-48/h1-32,37-40H. The monoisotopic (exact) mass is 992 g/mol. The van der Waals surface area contributed by atoms with Crippen LogP contribution in [0.15, 0.2) is 219 Å². The van der Waals surface area contributed by atoms with Crippen LogP contribution in [0.2, 0.25) is 0 Å².